The molecule has 4 aromatic rings. The number of rotatable bonds is 10. The molecule has 10 nitrogen and oxygen atoms in total. The predicted octanol–water partition coefficient (Wildman–Crippen LogP) is 5.35. The highest BCUT2D eigenvalue weighted by molar-refractivity contribution is 6.00. The van der Waals surface area contributed by atoms with E-state index < -0.39 is 17.2 Å². The van der Waals surface area contributed by atoms with Gasteiger partial charge >= 0.3 is 0 Å². The van der Waals surface area contributed by atoms with Crippen molar-refractivity contribution in [2.45, 2.75) is 58.2 Å². The Labute approximate surface area is 239 Å². The van der Waals surface area contributed by atoms with E-state index in [1.807, 2.05) is 59.5 Å². The van der Waals surface area contributed by atoms with Crippen LogP contribution in [0.5, 0.6) is 0 Å². The number of carbonyl (C=O) groups excluding carboxylic acids is 1. The van der Waals surface area contributed by atoms with Crippen molar-refractivity contribution in [1.29, 1.82) is 0 Å². The molecule has 0 aliphatic carbocycles. The zero-order valence-corrected chi connectivity index (χ0v) is 24.0. The summed E-state index contributed by atoms with van der Waals surface area (Å²) < 4.78 is 5.49. The Morgan fingerprint density at radius 2 is 1.85 bits per heavy atom. The molecule has 1 aliphatic heterocycles. The molecule has 3 heterocycles. The fourth-order valence-electron chi connectivity index (χ4n) is 5.11. The van der Waals surface area contributed by atoms with E-state index in [4.69, 9.17) is 4.52 Å². The number of hydrogen-bond acceptors (Lipinski definition) is 9. The summed E-state index contributed by atoms with van der Waals surface area (Å²) in [6.07, 6.45) is 2.49. The number of carbonyl (C=O) groups is 1. The van der Waals surface area contributed by atoms with Crippen LogP contribution < -0.4 is 10.6 Å². The summed E-state index contributed by atoms with van der Waals surface area (Å²) in [4.78, 5) is 23.9. The fourth-order valence-corrected chi connectivity index (χ4v) is 5.11. The molecule has 1 atom stereocenters. The minimum Gasteiger partial charge on any atom is -0.394 e. The Hall–Kier alpha value is -4.28. The van der Waals surface area contributed by atoms with Crippen molar-refractivity contribution in [3.63, 3.8) is 0 Å². The lowest BCUT2D eigenvalue weighted by Crippen LogP contribution is -2.39. The second-order valence-corrected chi connectivity index (χ2v) is 11.3. The van der Waals surface area contributed by atoms with Crippen molar-refractivity contribution >= 4 is 23.1 Å². The van der Waals surface area contributed by atoms with Crippen LogP contribution in [-0.2, 0) is 11.1 Å². The van der Waals surface area contributed by atoms with E-state index in [1.54, 1.807) is 20.0 Å². The van der Waals surface area contributed by atoms with Gasteiger partial charge in [-0.1, -0.05) is 42.4 Å². The van der Waals surface area contributed by atoms with E-state index in [0.717, 1.165) is 23.2 Å². The van der Waals surface area contributed by atoms with Gasteiger partial charge in [0.1, 0.15) is 11.4 Å². The summed E-state index contributed by atoms with van der Waals surface area (Å²) in [5.74, 6) is 0.918. The third-order valence-electron chi connectivity index (χ3n) is 7.37. The Balaban J connectivity index is 1.50. The second-order valence-electron chi connectivity index (χ2n) is 11.3. The number of hydrogen-bond donors (Lipinski definition) is 4. The average Bonchev–Trinajstić information content (AvgIpc) is 3.51. The molecular weight excluding hydrogens is 520 g/mol. The Morgan fingerprint density at radius 1 is 1.10 bits per heavy atom. The molecule has 41 heavy (non-hydrogen) atoms. The van der Waals surface area contributed by atoms with Gasteiger partial charge in [0, 0.05) is 30.1 Å². The third-order valence-corrected chi connectivity index (χ3v) is 7.37. The number of fused-ring (bicyclic) bond motifs is 1. The van der Waals surface area contributed by atoms with E-state index in [-0.39, 0.29) is 24.2 Å². The van der Waals surface area contributed by atoms with Gasteiger partial charge < -0.3 is 30.3 Å². The molecule has 2 aromatic heterocycles. The maximum Gasteiger partial charge on any atom is 0.261 e. The van der Waals surface area contributed by atoms with Crippen LogP contribution in [0.15, 0.2) is 65.3 Å². The maximum absolute atomic E-state index is 13.0. The normalized spacial score (nSPS) is 15.1. The molecular formula is C31H36N6O4. The van der Waals surface area contributed by atoms with Crippen LogP contribution in [-0.4, -0.2) is 49.3 Å². The van der Waals surface area contributed by atoms with Crippen molar-refractivity contribution in [3.05, 3.63) is 83.3 Å². The van der Waals surface area contributed by atoms with Gasteiger partial charge in [0.25, 0.3) is 11.8 Å². The lowest BCUT2D eigenvalue weighted by Gasteiger charge is -2.32. The van der Waals surface area contributed by atoms with Crippen molar-refractivity contribution in [2.75, 3.05) is 23.8 Å². The number of benzene rings is 2. The van der Waals surface area contributed by atoms with Crippen LogP contribution in [0, 0.1) is 0 Å². The lowest BCUT2D eigenvalue weighted by atomic mass is 9.93. The van der Waals surface area contributed by atoms with Gasteiger partial charge in [-0.15, -0.1) is 0 Å². The highest BCUT2D eigenvalue weighted by atomic mass is 16.5. The summed E-state index contributed by atoms with van der Waals surface area (Å²) >= 11 is 0. The van der Waals surface area contributed by atoms with Gasteiger partial charge in [0.2, 0.25) is 5.82 Å². The smallest absolute Gasteiger partial charge is 0.261 e. The van der Waals surface area contributed by atoms with Crippen molar-refractivity contribution in [3.8, 4) is 11.5 Å². The number of aliphatic hydroxyl groups is 2. The SMILES string of the molecule is CCCN1C(=O)c2ccc(Nc3cc(N[C@H](CO)c4ccccc4)c(-c4nc(C(C)(C)O)no4)cn3)cc2C1(C)C. The number of nitrogens with one attached hydrogen (secondary N) is 2. The molecule has 0 radical (unpaired) electrons. The van der Waals surface area contributed by atoms with E-state index in [9.17, 15) is 15.0 Å². The van der Waals surface area contributed by atoms with Gasteiger partial charge in [0.05, 0.1) is 29.4 Å². The highest BCUT2D eigenvalue weighted by Gasteiger charge is 2.42. The fraction of sp³-hybridized carbons (Fsp3) is 0.355. The number of aliphatic hydroxyl groups excluding tert-OH is 1. The third kappa shape index (κ3) is 5.53. The molecule has 0 saturated carbocycles. The molecule has 2 aromatic carbocycles. The Kier molecular flexibility index (Phi) is 7.54. The van der Waals surface area contributed by atoms with Gasteiger partial charge in [-0.25, -0.2) is 4.98 Å². The van der Waals surface area contributed by atoms with Gasteiger partial charge in [-0.3, -0.25) is 4.79 Å². The first-order valence-corrected chi connectivity index (χ1v) is 13.8. The quantitative estimate of drug-likeness (QED) is 0.204. The minimum absolute atomic E-state index is 0.0494. The molecule has 5 rings (SSSR count). The lowest BCUT2D eigenvalue weighted by molar-refractivity contribution is 0.0618. The van der Waals surface area contributed by atoms with Crippen molar-refractivity contribution in [2.24, 2.45) is 0 Å². The van der Waals surface area contributed by atoms with Crippen molar-refractivity contribution in [1.82, 2.24) is 20.0 Å². The zero-order chi connectivity index (χ0) is 29.4. The first kappa shape index (κ1) is 28.3. The number of aromatic nitrogens is 3. The van der Waals surface area contributed by atoms with E-state index >= 15 is 0 Å². The van der Waals surface area contributed by atoms with Gasteiger partial charge in [-0.05, 0) is 63.4 Å². The van der Waals surface area contributed by atoms with Crippen LogP contribution in [0.3, 0.4) is 0 Å². The molecule has 0 fully saturated rings. The molecule has 0 bridgehead atoms. The Morgan fingerprint density at radius 3 is 2.51 bits per heavy atom. The summed E-state index contributed by atoms with van der Waals surface area (Å²) in [6.45, 7) is 9.90. The second kappa shape index (κ2) is 10.9. The molecule has 4 N–H and O–H groups in total. The van der Waals surface area contributed by atoms with Gasteiger partial charge in [-0.2, -0.15) is 4.98 Å². The molecule has 10 heteroatoms. The maximum atomic E-state index is 13.0. The van der Waals surface area contributed by atoms with Crippen LogP contribution >= 0.6 is 0 Å². The number of nitrogens with zero attached hydrogens (tertiary/aromatic N) is 4. The number of pyridine rings is 1. The monoisotopic (exact) mass is 556 g/mol. The first-order valence-electron chi connectivity index (χ1n) is 13.8. The summed E-state index contributed by atoms with van der Waals surface area (Å²) in [5.41, 5.74) is 2.78. The molecule has 214 valence electrons. The topological polar surface area (TPSA) is 137 Å². The molecule has 1 aliphatic rings. The summed E-state index contributed by atoms with van der Waals surface area (Å²) in [6, 6.07) is 16.7. The molecule has 0 unspecified atom stereocenters. The number of anilines is 3. The number of amides is 1. The van der Waals surface area contributed by atoms with Gasteiger partial charge in [0.15, 0.2) is 0 Å². The average molecular weight is 557 g/mol. The zero-order valence-electron chi connectivity index (χ0n) is 24.0. The molecule has 0 saturated heterocycles. The van der Waals surface area contributed by atoms with E-state index in [1.165, 1.54) is 0 Å². The largest absolute Gasteiger partial charge is 0.394 e. The van der Waals surface area contributed by atoms with E-state index in [0.29, 0.717) is 29.2 Å². The van der Waals surface area contributed by atoms with Crippen LogP contribution in [0.2, 0.25) is 0 Å². The molecule has 0 spiro atoms. The minimum atomic E-state index is -1.28. The van der Waals surface area contributed by atoms with Crippen LogP contribution in [0.25, 0.3) is 11.5 Å². The van der Waals surface area contributed by atoms with E-state index in [2.05, 4.69) is 46.5 Å². The Bertz CT molecular complexity index is 1540. The highest BCUT2D eigenvalue weighted by Crippen LogP contribution is 2.40. The standard InChI is InChI=1S/C31H36N6O4/c1-6-14-37-28(39)21-13-12-20(15-23(21)30(37,2)3)33-26-16-24(34-25(18-38)19-10-8-7-9-11-19)22(17-32-26)27-35-29(36-41-27)31(4,5)40/h7-13,15-17,25,38,40H,6,14,18H2,1-5H3,(H2,32,33,34)/t25-/m1/s1. The molecule has 1 amide bonds. The predicted molar refractivity (Wildman–Crippen MR) is 157 cm³/mol. The first-order chi connectivity index (χ1) is 19.5. The summed E-state index contributed by atoms with van der Waals surface area (Å²) in [7, 11) is 0. The van der Waals surface area contributed by atoms with Crippen LogP contribution in [0.4, 0.5) is 17.2 Å². The summed E-state index contributed by atoms with van der Waals surface area (Å²) in [5, 5.41) is 31.3. The van der Waals surface area contributed by atoms with Crippen LogP contribution in [0.1, 0.15) is 74.4 Å². The van der Waals surface area contributed by atoms with Crippen molar-refractivity contribution < 1.29 is 19.5 Å².